The predicted octanol–water partition coefficient (Wildman–Crippen LogP) is 2.04. The van der Waals surface area contributed by atoms with E-state index in [0.717, 1.165) is 25.9 Å². The van der Waals surface area contributed by atoms with E-state index in [1.807, 2.05) is 11.9 Å². The lowest BCUT2D eigenvalue weighted by Crippen LogP contribution is -2.47. The van der Waals surface area contributed by atoms with Gasteiger partial charge >= 0.3 is 0 Å². The number of ether oxygens (including phenoxy) is 1. The lowest BCUT2D eigenvalue weighted by Gasteiger charge is -2.32. The van der Waals surface area contributed by atoms with E-state index in [1.54, 1.807) is 0 Å². The van der Waals surface area contributed by atoms with E-state index in [4.69, 9.17) is 4.74 Å². The maximum absolute atomic E-state index is 12.1. The van der Waals surface area contributed by atoms with Gasteiger partial charge in [-0.05, 0) is 39.2 Å². The van der Waals surface area contributed by atoms with Crippen LogP contribution < -0.4 is 5.32 Å². The normalized spacial score (nSPS) is 21.7. The molecule has 1 N–H and O–H groups in total. The summed E-state index contributed by atoms with van der Waals surface area (Å²) < 4.78 is 5.70. The molecule has 2 unspecified atom stereocenters. The van der Waals surface area contributed by atoms with Crippen LogP contribution in [0.1, 0.15) is 46.5 Å². The van der Waals surface area contributed by atoms with Crippen molar-refractivity contribution in [2.24, 2.45) is 5.92 Å². The first-order chi connectivity index (χ1) is 9.02. The van der Waals surface area contributed by atoms with E-state index < -0.39 is 0 Å². The third-order valence-electron chi connectivity index (χ3n) is 3.70. The fraction of sp³-hybridized carbons (Fsp3) is 0.933. The van der Waals surface area contributed by atoms with Gasteiger partial charge in [0.15, 0.2) is 0 Å². The molecular weight excluding hydrogens is 240 g/mol. The molecule has 0 bridgehead atoms. The molecule has 0 spiro atoms. The van der Waals surface area contributed by atoms with Crippen LogP contribution in [0.15, 0.2) is 0 Å². The third-order valence-corrected chi connectivity index (χ3v) is 3.70. The molecule has 19 heavy (non-hydrogen) atoms. The van der Waals surface area contributed by atoms with Gasteiger partial charge in [-0.3, -0.25) is 4.79 Å². The Morgan fingerprint density at radius 2 is 2.16 bits per heavy atom. The molecule has 1 saturated heterocycles. The van der Waals surface area contributed by atoms with Crippen molar-refractivity contribution in [3.8, 4) is 0 Å². The van der Waals surface area contributed by atoms with Crippen molar-refractivity contribution < 1.29 is 9.53 Å². The van der Waals surface area contributed by atoms with E-state index >= 15 is 0 Å². The van der Waals surface area contributed by atoms with Crippen LogP contribution >= 0.6 is 0 Å². The van der Waals surface area contributed by atoms with Gasteiger partial charge < -0.3 is 15.0 Å². The lowest BCUT2D eigenvalue weighted by molar-refractivity contribution is -0.134. The van der Waals surface area contributed by atoms with Crippen LogP contribution in [0.4, 0.5) is 0 Å². The molecule has 1 rings (SSSR count). The summed E-state index contributed by atoms with van der Waals surface area (Å²) in [4.78, 5) is 14.1. The first-order valence-electron chi connectivity index (χ1n) is 7.59. The van der Waals surface area contributed by atoms with Crippen molar-refractivity contribution in [3.63, 3.8) is 0 Å². The zero-order valence-corrected chi connectivity index (χ0v) is 12.9. The number of likely N-dealkylation sites (N-methyl/N-ethyl adjacent to an activating group) is 1. The van der Waals surface area contributed by atoms with Crippen LogP contribution in [-0.4, -0.2) is 49.7 Å². The van der Waals surface area contributed by atoms with Crippen LogP contribution in [0.3, 0.4) is 0 Å². The maximum atomic E-state index is 12.1. The van der Waals surface area contributed by atoms with Crippen LogP contribution in [0.25, 0.3) is 0 Å². The zero-order valence-electron chi connectivity index (χ0n) is 12.9. The maximum Gasteiger partial charge on any atom is 0.224 e. The van der Waals surface area contributed by atoms with Crippen LogP contribution in [0.5, 0.6) is 0 Å². The molecule has 0 aromatic rings. The van der Waals surface area contributed by atoms with Crippen LogP contribution in [0.2, 0.25) is 0 Å². The van der Waals surface area contributed by atoms with Crippen molar-refractivity contribution in [2.75, 3.05) is 26.7 Å². The minimum absolute atomic E-state index is 0.233. The van der Waals surface area contributed by atoms with Gasteiger partial charge in [0, 0.05) is 19.1 Å². The Balaban J connectivity index is 2.20. The Hall–Kier alpha value is -0.610. The number of piperidine rings is 1. The predicted molar refractivity (Wildman–Crippen MR) is 78.1 cm³/mol. The Morgan fingerprint density at radius 3 is 2.79 bits per heavy atom. The summed E-state index contributed by atoms with van der Waals surface area (Å²) in [5.74, 6) is 0.876. The summed E-state index contributed by atoms with van der Waals surface area (Å²) in [5, 5.41) is 3.26. The van der Waals surface area contributed by atoms with E-state index in [1.165, 1.54) is 6.42 Å². The number of nitrogens with one attached hydrogen (secondary N) is 1. The first kappa shape index (κ1) is 16.4. The van der Waals surface area contributed by atoms with Gasteiger partial charge in [0.05, 0.1) is 19.1 Å². The highest BCUT2D eigenvalue weighted by molar-refractivity contribution is 5.76. The lowest BCUT2D eigenvalue weighted by atomic mass is 10.1. The molecule has 4 nitrogen and oxygen atoms in total. The third kappa shape index (κ3) is 6.39. The van der Waals surface area contributed by atoms with Gasteiger partial charge in [-0.15, -0.1) is 0 Å². The Kier molecular flexibility index (Phi) is 7.39. The van der Waals surface area contributed by atoms with E-state index in [9.17, 15) is 4.79 Å². The van der Waals surface area contributed by atoms with Gasteiger partial charge in [-0.1, -0.05) is 13.8 Å². The smallest absolute Gasteiger partial charge is 0.224 e. The molecule has 1 amide bonds. The summed E-state index contributed by atoms with van der Waals surface area (Å²) in [5.41, 5.74) is 0. The number of carbonyl (C=O) groups excluding carboxylic acids is 1. The summed E-state index contributed by atoms with van der Waals surface area (Å²) >= 11 is 0. The average Bonchev–Trinajstić information content (AvgIpc) is 2.37. The molecule has 0 radical (unpaired) electrons. The molecule has 0 saturated carbocycles. The topological polar surface area (TPSA) is 41.6 Å². The van der Waals surface area contributed by atoms with Gasteiger partial charge in [0.2, 0.25) is 5.91 Å². The Morgan fingerprint density at radius 1 is 1.42 bits per heavy atom. The van der Waals surface area contributed by atoms with E-state index in [-0.39, 0.29) is 12.0 Å². The SMILES string of the molecule is CNC1CCCN(C(=O)CCOC(C)CC(C)C)C1. The zero-order chi connectivity index (χ0) is 14.3. The van der Waals surface area contributed by atoms with E-state index in [0.29, 0.717) is 25.0 Å². The van der Waals surface area contributed by atoms with Gasteiger partial charge in [-0.2, -0.15) is 0 Å². The van der Waals surface area contributed by atoms with Gasteiger partial charge in [0.1, 0.15) is 0 Å². The number of likely N-dealkylation sites (tertiary alicyclic amines) is 1. The fourth-order valence-electron chi connectivity index (χ4n) is 2.68. The van der Waals surface area contributed by atoms with Crippen molar-refractivity contribution in [3.05, 3.63) is 0 Å². The van der Waals surface area contributed by atoms with E-state index in [2.05, 4.69) is 26.1 Å². The number of hydrogen-bond donors (Lipinski definition) is 1. The molecule has 112 valence electrons. The van der Waals surface area contributed by atoms with Crippen LogP contribution in [0, 0.1) is 5.92 Å². The molecule has 2 atom stereocenters. The summed E-state index contributed by atoms with van der Waals surface area (Å²) in [6, 6.07) is 0.457. The molecule has 0 aromatic heterocycles. The number of nitrogens with zero attached hydrogens (tertiary/aromatic N) is 1. The Bertz CT molecular complexity index is 269. The summed E-state index contributed by atoms with van der Waals surface area (Å²) in [7, 11) is 1.97. The Labute approximate surface area is 117 Å². The molecule has 1 fully saturated rings. The second-order valence-electron chi connectivity index (χ2n) is 6.03. The second-order valence-corrected chi connectivity index (χ2v) is 6.03. The monoisotopic (exact) mass is 270 g/mol. The minimum atomic E-state index is 0.233. The molecule has 0 aromatic carbocycles. The fourth-order valence-corrected chi connectivity index (χ4v) is 2.68. The molecule has 1 aliphatic rings. The minimum Gasteiger partial charge on any atom is -0.378 e. The molecule has 1 aliphatic heterocycles. The standard InChI is InChI=1S/C15H30N2O2/c1-12(2)10-13(3)19-9-7-15(18)17-8-5-6-14(11-17)16-4/h12-14,16H,5-11H2,1-4H3. The molecule has 0 aliphatic carbocycles. The van der Waals surface area contributed by atoms with Gasteiger partial charge in [-0.25, -0.2) is 0 Å². The average molecular weight is 270 g/mol. The van der Waals surface area contributed by atoms with Crippen molar-refractivity contribution in [1.82, 2.24) is 10.2 Å². The number of hydrogen-bond acceptors (Lipinski definition) is 3. The number of rotatable bonds is 7. The number of carbonyl (C=O) groups is 1. The van der Waals surface area contributed by atoms with Crippen LogP contribution in [-0.2, 0) is 9.53 Å². The quantitative estimate of drug-likeness (QED) is 0.770. The van der Waals surface area contributed by atoms with Crippen molar-refractivity contribution in [1.29, 1.82) is 0 Å². The largest absolute Gasteiger partial charge is 0.378 e. The van der Waals surface area contributed by atoms with Crippen molar-refractivity contribution in [2.45, 2.75) is 58.6 Å². The molecular formula is C15H30N2O2. The molecule has 4 heteroatoms. The second kappa shape index (κ2) is 8.54. The van der Waals surface area contributed by atoms with Gasteiger partial charge in [0.25, 0.3) is 0 Å². The highest BCUT2D eigenvalue weighted by Crippen LogP contribution is 2.12. The summed E-state index contributed by atoms with van der Waals surface area (Å²) in [6.45, 7) is 8.76. The highest BCUT2D eigenvalue weighted by Gasteiger charge is 2.22. The molecule has 1 heterocycles. The summed E-state index contributed by atoms with van der Waals surface area (Å²) in [6.07, 6.45) is 4.09. The highest BCUT2D eigenvalue weighted by atomic mass is 16.5. The van der Waals surface area contributed by atoms with Crippen molar-refractivity contribution >= 4 is 5.91 Å². The number of amides is 1. The first-order valence-corrected chi connectivity index (χ1v) is 7.59.